The van der Waals surface area contributed by atoms with Crippen molar-refractivity contribution in [3.05, 3.63) is 89.9 Å². The van der Waals surface area contributed by atoms with E-state index in [2.05, 4.69) is 46.1 Å². The van der Waals surface area contributed by atoms with Crippen LogP contribution in [0.1, 0.15) is 74.1 Å². The molecule has 0 unspecified atom stereocenters. The summed E-state index contributed by atoms with van der Waals surface area (Å²) < 4.78 is 14.5. The molecule has 0 aliphatic heterocycles. The number of halogens is 1. The van der Waals surface area contributed by atoms with Crippen LogP contribution in [0.3, 0.4) is 0 Å². The van der Waals surface area contributed by atoms with Crippen LogP contribution in [0, 0.1) is 23.7 Å². The van der Waals surface area contributed by atoms with Crippen molar-refractivity contribution in [1.82, 2.24) is 39.5 Å². The van der Waals surface area contributed by atoms with E-state index in [1.165, 1.54) is 12.4 Å². The molecular formula is C46H53ClN12O6. The van der Waals surface area contributed by atoms with E-state index in [0.717, 1.165) is 36.8 Å². The first-order valence-electron chi connectivity index (χ1n) is 21.0. The Bertz CT molecular complexity index is 2690. The Morgan fingerprint density at radius 2 is 1.12 bits per heavy atom. The molecular weight excluding hydrogens is 852 g/mol. The Morgan fingerprint density at radius 3 is 1.51 bits per heavy atom. The fraction of sp³-hybridized carbons (Fsp3) is 0.348. The van der Waals surface area contributed by atoms with E-state index in [4.69, 9.17) is 26.8 Å². The number of aryl methyl sites for hydroxylation is 2. The van der Waals surface area contributed by atoms with Gasteiger partial charge < -0.3 is 31.2 Å². The van der Waals surface area contributed by atoms with E-state index in [-0.39, 0.29) is 47.1 Å². The van der Waals surface area contributed by atoms with Gasteiger partial charge in [0.15, 0.2) is 34.7 Å². The second-order valence-corrected chi connectivity index (χ2v) is 16.5. The average Bonchev–Trinajstić information content (AvgIpc) is 4.22. The Morgan fingerprint density at radius 1 is 0.677 bits per heavy atom. The standard InChI is InChI=1S/C23H26N6O3.C19H18ClN5O2.C4H9NO/c1-13(2)23(31)27-19-10-18(16(11-24-19)20(30)14-8-9-14)26-17-7-5-6-15(21(17)32-4)22-25-12-29(3)28-22;1-25-10-22-19(24-25)12-4-3-5-14(18(12)27-2)23-15-8-16(20)21-9-13(15)17(26)11-6-7-11;1-3(2)4(5)6/h5-7,10-14H,8-9H2,1-4H3,(H2,24,26,27,31);3-5,8-11H,6-7H2,1-2H3,(H,21,23);3H,1-2H3,(H2,5,6). The van der Waals surface area contributed by atoms with Gasteiger partial charge in [-0.05, 0) is 56.0 Å². The molecule has 2 fully saturated rings. The van der Waals surface area contributed by atoms with Crippen molar-refractivity contribution < 1.29 is 28.7 Å². The minimum atomic E-state index is -0.241. The molecule has 0 radical (unpaired) electrons. The zero-order valence-corrected chi connectivity index (χ0v) is 38.3. The van der Waals surface area contributed by atoms with E-state index in [9.17, 15) is 19.2 Å². The first kappa shape index (κ1) is 47.3. The number of nitrogens with two attached hydrogens (primary N) is 1. The molecule has 4 heterocycles. The van der Waals surface area contributed by atoms with E-state index in [1.54, 1.807) is 76.3 Å². The zero-order chi connectivity index (χ0) is 46.9. The number of para-hydroxylation sites is 2. The molecule has 6 aromatic rings. The zero-order valence-electron chi connectivity index (χ0n) is 37.5. The highest BCUT2D eigenvalue weighted by molar-refractivity contribution is 6.30. The van der Waals surface area contributed by atoms with Gasteiger partial charge in [-0.1, -0.05) is 51.4 Å². The van der Waals surface area contributed by atoms with Crippen LogP contribution in [-0.4, -0.2) is 77.1 Å². The Balaban J connectivity index is 0.000000193. The molecule has 2 aliphatic carbocycles. The summed E-state index contributed by atoms with van der Waals surface area (Å²) in [5.41, 5.74) is 9.78. The smallest absolute Gasteiger partial charge is 0.228 e. The first-order valence-corrected chi connectivity index (χ1v) is 21.4. The summed E-state index contributed by atoms with van der Waals surface area (Å²) in [5.74, 6) is 2.25. The van der Waals surface area contributed by atoms with Gasteiger partial charge in [0.1, 0.15) is 23.6 Å². The molecule has 0 bridgehead atoms. The van der Waals surface area contributed by atoms with E-state index in [0.29, 0.717) is 68.0 Å². The largest absolute Gasteiger partial charge is 0.494 e. The van der Waals surface area contributed by atoms with Crippen LogP contribution in [-0.2, 0) is 23.7 Å². The molecule has 0 saturated heterocycles. The number of Topliss-reactive ketones (excluding diaryl/α,β-unsaturated/α-hetero) is 2. The lowest BCUT2D eigenvalue weighted by atomic mass is 10.1. The molecule has 5 N–H and O–H groups in total. The molecule has 2 saturated carbocycles. The third-order valence-corrected chi connectivity index (χ3v) is 10.4. The first-order chi connectivity index (χ1) is 31.1. The van der Waals surface area contributed by atoms with Crippen molar-refractivity contribution in [2.75, 3.05) is 30.2 Å². The van der Waals surface area contributed by atoms with Crippen molar-refractivity contribution in [1.29, 1.82) is 0 Å². The summed E-state index contributed by atoms with van der Waals surface area (Å²) in [4.78, 5) is 64.5. The molecule has 2 amide bonds. The van der Waals surface area contributed by atoms with Crippen molar-refractivity contribution in [2.24, 2.45) is 43.5 Å². The summed E-state index contributed by atoms with van der Waals surface area (Å²) in [6, 6.07) is 14.5. The molecule has 2 aromatic carbocycles. The van der Waals surface area contributed by atoms with Gasteiger partial charge in [-0.25, -0.2) is 19.9 Å². The van der Waals surface area contributed by atoms with Crippen molar-refractivity contribution >= 4 is 63.5 Å². The molecule has 4 aromatic heterocycles. The predicted octanol–water partition coefficient (Wildman–Crippen LogP) is 7.82. The fourth-order valence-corrected chi connectivity index (χ4v) is 6.39. The van der Waals surface area contributed by atoms with E-state index >= 15 is 0 Å². The number of nitrogens with zero attached hydrogens (tertiary/aromatic N) is 8. The number of primary amides is 1. The van der Waals surface area contributed by atoms with Gasteiger partial charge in [0.2, 0.25) is 11.8 Å². The highest BCUT2D eigenvalue weighted by Gasteiger charge is 2.33. The molecule has 340 valence electrons. The number of amides is 2. The third kappa shape index (κ3) is 12.1. The summed E-state index contributed by atoms with van der Waals surface area (Å²) >= 11 is 6.07. The van der Waals surface area contributed by atoms with Crippen LogP contribution in [0.25, 0.3) is 22.8 Å². The quantitative estimate of drug-likeness (QED) is 0.0568. The van der Waals surface area contributed by atoms with Crippen LogP contribution < -0.4 is 31.2 Å². The van der Waals surface area contributed by atoms with Crippen LogP contribution in [0.5, 0.6) is 11.5 Å². The minimum Gasteiger partial charge on any atom is -0.494 e. The number of aromatic nitrogens is 8. The number of methoxy groups -OCH3 is 2. The van der Waals surface area contributed by atoms with Crippen molar-refractivity contribution in [3.8, 4) is 34.3 Å². The second kappa shape index (κ2) is 21.0. The number of carbonyl (C=O) groups excluding carboxylic acids is 4. The normalized spacial score (nSPS) is 12.9. The van der Waals surface area contributed by atoms with E-state index in [1.807, 2.05) is 50.2 Å². The fourth-order valence-electron chi connectivity index (χ4n) is 6.23. The van der Waals surface area contributed by atoms with Crippen molar-refractivity contribution in [3.63, 3.8) is 0 Å². The summed E-state index contributed by atoms with van der Waals surface area (Å²) in [5, 5.41) is 18.4. The number of benzene rings is 2. The number of nitrogens with one attached hydrogen (secondary N) is 3. The van der Waals surface area contributed by atoms with E-state index < -0.39 is 0 Å². The number of ketones is 2. The van der Waals surface area contributed by atoms with Gasteiger partial charge in [0.05, 0.1) is 59.2 Å². The summed E-state index contributed by atoms with van der Waals surface area (Å²) in [6.45, 7) is 7.15. The molecule has 19 heteroatoms. The summed E-state index contributed by atoms with van der Waals surface area (Å²) in [7, 11) is 6.76. The number of rotatable bonds is 15. The van der Waals surface area contributed by atoms with Gasteiger partial charge in [0, 0.05) is 56.2 Å². The van der Waals surface area contributed by atoms with Crippen molar-refractivity contribution in [2.45, 2.75) is 53.4 Å². The van der Waals surface area contributed by atoms with Gasteiger partial charge in [0.25, 0.3) is 0 Å². The molecule has 2 aliphatic rings. The van der Waals surface area contributed by atoms with Gasteiger partial charge >= 0.3 is 0 Å². The lowest BCUT2D eigenvalue weighted by Gasteiger charge is -2.17. The number of anilines is 5. The van der Waals surface area contributed by atoms with Gasteiger partial charge in [-0.2, -0.15) is 10.2 Å². The highest BCUT2D eigenvalue weighted by atomic mass is 35.5. The topological polar surface area (TPSA) is 236 Å². The average molecular weight is 905 g/mol. The number of pyridine rings is 2. The Kier molecular flexibility index (Phi) is 15.3. The monoisotopic (exact) mass is 904 g/mol. The molecule has 65 heavy (non-hydrogen) atoms. The van der Waals surface area contributed by atoms with Crippen LogP contribution in [0.15, 0.2) is 73.6 Å². The maximum atomic E-state index is 12.9. The number of hydrogen-bond donors (Lipinski definition) is 4. The molecule has 0 atom stereocenters. The highest BCUT2D eigenvalue weighted by Crippen LogP contribution is 2.41. The lowest BCUT2D eigenvalue weighted by molar-refractivity contribution is -0.121. The molecule has 8 rings (SSSR count). The van der Waals surface area contributed by atoms with Gasteiger partial charge in [-0.15, -0.1) is 0 Å². The number of ether oxygens (including phenoxy) is 2. The summed E-state index contributed by atoms with van der Waals surface area (Å²) in [6.07, 6.45) is 9.91. The number of carbonyl (C=O) groups is 4. The Hall–Kier alpha value is -7.21. The second-order valence-electron chi connectivity index (χ2n) is 16.2. The van der Waals surface area contributed by atoms with Crippen LogP contribution in [0.2, 0.25) is 5.15 Å². The minimum absolute atomic E-state index is 0.00926. The maximum Gasteiger partial charge on any atom is 0.228 e. The predicted molar refractivity (Wildman–Crippen MR) is 248 cm³/mol. The van der Waals surface area contributed by atoms with Gasteiger partial charge in [-0.3, -0.25) is 28.5 Å². The van der Waals surface area contributed by atoms with Crippen LogP contribution >= 0.6 is 11.6 Å². The van der Waals surface area contributed by atoms with Crippen LogP contribution in [0.4, 0.5) is 28.6 Å². The third-order valence-electron chi connectivity index (χ3n) is 10.2. The molecule has 0 spiro atoms. The Labute approximate surface area is 381 Å². The number of hydrogen-bond acceptors (Lipinski definition) is 14. The maximum absolute atomic E-state index is 12.9. The lowest BCUT2D eigenvalue weighted by Crippen LogP contribution is -2.19. The molecule has 18 nitrogen and oxygen atoms in total. The SMILES string of the molecule is CC(C)C(N)=O.COc1c(Nc2cc(Cl)ncc2C(=O)C2CC2)cccc1-c1ncn(C)n1.COc1c(Nc2cc(NC(=O)C(C)C)ncc2C(=O)C2CC2)cccc1-c1ncn(C)n1.